The molecular weight excluding hydrogens is 524 g/mol. The summed E-state index contributed by atoms with van der Waals surface area (Å²) in [4.78, 5) is 36.6. The largest absolute Gasteiger partial charge is 0.497 e. The minimum absolute atomic E-state index is 0.0281. The van der Waals surface area contributed by atoms with Crippen LogP contribution in [0.4, 0.5) is 5.82 Å². The molecular formula is C31H32N4O4S. The number of methoxy groups -OCH3 is 1. The molecule has 0 spiro atoms. The highest BCUT2D eigenvalue weighted by Crippen LogP contribution is 2.30. The third-order valence-electron chi connectivity index (χ3n) is 6.78. The number of anilines is 1. The maximum absolute atomic E-state index is 13.3. The summed E-state index contributed by atoms with van der Waals surface area (Å²) in [7, 11) is 1.62. The summed E-state index contributed by atoms with van der Waals surface area (Å²) < 4.78 is 10.7. The maximum Gasteiger partial charge on any atom is 0.264 e. The lowest BCUT2D eigenvalue weighted by Gasteiger charge is -2.35. The first-order chi connectivity index (χ1) is 19.6. The number of benzene rings is 2. The van der Waals surface area contributed by atoms with Gasteiger partial charge in [-0.1, -0.05) is 12.1 Å². The summed E-state index contributed by atoms with van der Waals surface area (Å²) in [5, 5.41) is 2.99. The number of hydrogen-bond donors (Lipinski definition) is 1. The fourth-order valence-corrected chi connectivity index (χ4v) is 5.59. The lowest BCUT2D eigenvalue weighted by Crippen LogP contribution is -2.49. The van der Waals surface area contributed by atoms with Gasteiger partial charge in [-0.2, -0.15) is 0 Å². The van der Waals surface area contributed by atoms with Crippen LogP contribution in [-0.4, -0.2) is 61.6 Å². The van der Waals surface area contributed by atoms with Gasteiger partial charge in [0.25, 0.3) is 11.8 Å². The van der Waals surface area contributed by atoms with Crippen LogP contribution in [0.1, 0.15) is 32.5 Å². The van der Waals surface area contributed by atoms with E-state index in [2.05, 4.69) is 15.2 Å². The zero-order valence-corrected chi connectivity index (χ0v) is 23.4. The van der Waals surface area contributed by atoms with Crippen molar-refractivity contribution in [2.45, 2.75) is 13.5 Å². The number of aromatic nitrogens is 1. The van der Waals surface area contributed by atoms with Crippen LogP contribution in [-0.2, 0) is 6.54 Å². The van der Waals surface area contributed by atoms with Gasteiger partial charge in [0, 0.05) is 43.8 Å². The molecule has 4 aromatic rings. The van der Waals surface area contributed by atoms with Gasteiger partial charge < -0.3 is 24.6 Å². The lowest BCUT2D eigenvalue weighted by atomic mass is 10.1. The van der Waals surface area contributed by atoms with E-state index in [1.54, 1.807) is 25.4 Å². The first-order valence-corrected chi connectivity index (χ1v) is 14.1. The minimum atomic E-state index is -0.183. The van der Waals surface area contributed by atoms with Crippen molar-refractivity contribution >= 4 is 29.0 Å². The summed E-state index contributed by atoms with van der Waals surface area (Å²) >= 11 is 1.50. The summed E-state index contributed by atoms with van der Waals surface area (Å²) in [5.74, 6) is 2.09. The van der Waals surface area contributed by atoms with Gasteiger partial charge in [0.05, 0.1) is 24.2 Å². The number of piperazine rings is 1. The van der Waals surface area contributed by atoms with E-state index in [1.807, 2.05) is 72.5 Å². The van der Waals surface area contributed by atoms with Crippen molar-refractivity contribution in [1.82, 2.24) is 15.2 Å². The van der Waals surface area contributed by atoms with Gasteiger partial charge in [-0.25, -0.2) is 4.98 Å². The monoisotopic (exact) mass is 556 g/mol. The van der Waals surface area contributed by atoms with E-state index >= 15 is 0 Å². The predicted molar refractivity (Wildman–Crippen MR) is 157 cm³/mol. The molecule has 0 unspecified atom stereocenters. The molecule has 3 heterocycles. The molecule has 2 aromatic carbocycles. The Kier molecular flexibility index (Phi) is 8.61. The lowest BCUT2D eigenvalue weighted by molar-refractivity contribution is 0.0750. The molecule has 0 radical (unpaired) electrons. The van der Waals surface area contributed by atoms with Crippen LogP contribution in [0.15, 0.2) is 79.0 Å². The number of nitrogens with one attached hydrogen (secondary N) is 1. The Labute approximate surface area is 238 Å². The molecule has 1 aliphatic rings. The number of hydrogen-bond acceptors (Lipinski definition) is 7. The number of nitrogens with zero attached hydrogens (tertiary/aromatic N) is 3. The molecule has 0 bridgehead atoms. The molecule has 9 heteroatoms. The topological polar surface area (TPSA) is 84.0 Å². The van der Waals surface area contributed by atoms with Crippen molar-refractivity contribution in [3.05, 3.63) is 95.0 Å². The highest BCUT2D eigenvalue weighted by Gasteiger charge is 2.26. The Balaban J connectivity index is 1.19. The van der Waals surface area contributed by atoms with Gasteiger partial charge in [-0.3, -0.25) is 9.59 Å². The first kappa shape index (κ1) is 27.2. The zero-order valence-electron chi connectivity index (χ0n) is 22.6. The van der Waals surface area contributed by atoms with E-state index in [4.69, 9.17) is 9.47 Å². The van der Waals surface area contributed by atoms with Crippen molar-refractivity contribution in [2.75, 3.05) is 44.8 Å². The van der Waals surface area contributed by atoms with Gasteiger partial charge in [-0.15, -0.1) is 11.3 Å². The molecule has 8 nitrogen and oxygen atoms in total. The Hall–Kier alpha value is -4.37. The van der Waals surface area contributed by atoms with E-state index in [1.165, 1.54) is 11.3 Å². The summed E-state index contributed by atoms with van der Waals surface area (Å²) in [6.07, 6.45) is 1.70. The maximum atomic E-state index is 13.3. The van der Waals surface area contributed by atoms with Crippen molar-refractivity contribution < 1.29 is 19.1 Å². The second kappa shape index (κ2) is 12.7. The summed E-state index contributed by atoms with van der Waals surface area (Å²) in [5.41, 5.74) is 2.56. The third kappa shape index (κ3) is 6.26. The average molecular weight is 557 g/mol. The average Bonchev–Trinajstić information content (AvgIpc) is 3.51. The predicted octanol–water partition coefficient (Wildman–Crippen LogP) is 5.11. The number of amides is 2. The molecule has 206 valence electrons. The number of pyridine rings is 1. The highest BCUT2D eigenvalue weighted by molar-refractivity contribution is 7.17. The molecule has 40 heavy (non-hydrogen) atoms. The standard InChI is InChI=1S/C31H32N4O4S/c1-3-39-25-12-8-23(9-13-25)27-14-15-28(40-27)31(37)35-19-17-34(18-20-35)29-26(5-4-16-32-29)30(36)33-21-22-6-10-24(38-2)11-7-22/h4-16H,3,17-21H2,1-2H3,(H,33,36). The molecule has 2 amide bonds. The van der Waals surface area contributed by atoms with Crippen molar-refractivity contribution in [3.8, 4) is 21.9 Å². The van der Waals surface area contributed by atoms with Crippen LogP contribution in [0, 0.1) is 0 Å². The number of carbonyl (C=O) groups is 2. The molecule has 5 rings (SSSR count). The molecule has 1 saturated heterocycles. The molecule has 1 aliphatic heterocycles. The second-order valence-electron chi connectivity index (χ2n) is 9.31. The molecule has 1 fully saturated rings. The van der Waals surface area contributed by atoms with E-state index < -0.39 is 0 Å². The van der Waals surface area contributed by atoms with Crippen LogP contribution in [0.3, 0.4) is 0 Å². The van der Waals surface area contributed by atoms with E-state index in [0.717, 1.165) is 27.5 Å². The molecule has 2 aromatic heterocycles. The third-order valence-corrected chi connectivity index (χ3v) is 7.90. The van der Waals surface area contributed by atoms with E-state index in [9.17, 15) is 9.59 Å². The van der Waals surface area contributed by atoms with Crippen molar-refractivity contribution in [1.29, 1.82) is 0 Å². The number of ether oxygens (including phenoxy) is 2. The van der Waals surface area contributed by atoms with Crippen LogP contribution in [0.2, 0.25) is 0 Å². The fourth-order valence-electron chi connectivity index (χ4n) is 4.61. The van der Waals surface area contributed by atoms with Gasteiger partial charge in [0.1, 0.15) is 17.3 Å². The summed E-state index contributed by atoms with van der Waals surface area (Å²) in [6, 6.07) is 23.0. The number of carbonyl (C=O) groups excluding carboxylic acids is 2. The van der Waals surface area contributed by atoms with Gasteiger partial charge in [-0.05, 0) is 78.7 Å². The highest BCUT2D eigenvalue weighted by atomic mass is 32.1. The molecule has 0 aliphatic carbocycles. The Morgan fingerprint density at radius 2 is 1.65 bits per heavy atom. The van der Waals surface area contributed by atoms with Crippen molar-refractivity contribution in [2.24, 2.45) is 0 Å². The SMILES string of the molecule is CCOc1ccc(-c2ccc(C(=O)N3CCN(c4ncccc4C(=O)NCc4ccc(OC)cc4)CC3)s2)cc1. The normalized spacial score (nSPS) is 13.2. The van der Waals surface area contributed by atoms with Crippen LogP contribution in [0.5, 0.6) is 11.5 Å². The van der Waals surface area contributed by atoms with Crippen LogP contribution < -0.4 is 19.7 Å². The minimum Gasteiger partial charge on any atom is -0.497 e. The quantitative estimate of drug-likeness (QED) is 0.309. The second-order valence-corrected chi connectivity index (χ2v) is 10.4. The van der Waals surface area contributed by atoms with Gasteiger partial charge in [0.15, 0.2) is 0 Å². The Morgan fingerprint density at radius 3 is 2.35 bits per heavy atom. The summed E-state index contributed by atoms with van der Waals surface area (Å²) in [6.45, 7) is 5.29. The fraction of sp³-hybridized carbons (Fsp3) is 0.258. The molecule has 1 N–H and O–H groups in total. The van der Waals surface area contributed by atoms with E-state index in [-0.39, 0.29) is 11.8 Å². The van der Waals surface area contributed by atoms with Crippen molar-refractivity contribution in [3.63, 3.8) is 0 Å². The van der Waals surface area contributed by atoms with Gasteiger partial charge in [0.2, 0.25) is 0 Å². The first-order valence-electron chi connectivity index (χ1n) is 13.3. The number of rotatable bonds is 9. The Bertz CT molecular complexity index is 1440. The smallest absolute Gasteiger partial charge is 0.264 e. The van der Waals surface area contributed by atoms with Crippen LogP contribution >= 0.6 is 11.3 Å². The van der Waals surface area contributed by atoms with Gasteiger partial charge >= 0.3 is 0 Å². The zero-order chi connectivity index (χ0) is 27.9. The van der Waals surface area contributed by atoms with E-state index in [0.29, 0.717) is 55.6 Å². The van der Waals surface area contributed by atoms with Crippen LogP contribution in [0.25, 0.3) is 10.4 Å². The number of thiophene rings is 1. The Morgan fingerprint density at radius 1 is 0.925 bits per heavy atom. The molecule has 0 atom stereocenters. The molecule has 0 saturated carbocycles.